The Hall–Kier alpha value is -0.300. The highest BCUT2D eigenvalue weighted by Gasteiger charge is 2.35. The first-order valence-electron chi connectivity index (χ1n) is 6.04. The quantitative estimate of drug-likeness (QED) is 0.587. The van der Waals surface area contributed by atoms with Crippen molar-refractivity contribution < 1.29 is 5.11 Å². The molecule has 0 aliphatic heterocycles. The molecule has 0 heterocycles. The lowest BCUT2D eigenvalue weighted by Crippen LogP contribution is -2.24. The Morgan fingerprint density at radius 3 is 2.79 bits per heavy atom. The molecule has 14 heavy (non-hydrogen) atoms. The van der Waals surface area contributed by atoms with E-state index in [1.807, 2.05) is 0 Å². The molecule has 0 aromatic heterocycles. The van der Waals surface area contributed by atoms with E-state index in [1.54, 1.807) is 0 Å². The maximum absolute atomic E-state index is 9.82. The second kappa shape index (κ2) is 4.06. The van der Waals surface area contributed by atoms with E-state index in [0.29, 0.717) is 5.92 Å². The molecule has 2 rings (SSSR count). The molecule has 2 aliphatic rings. The number of aliphatic hydroxyl groups excluding tert-OH is 1. The van der Waals surface area contributed by atoms with Gasteiger partial charge in [-0.25, -0.2) is 0 Å². The monoisotopic (exact) mass is 194 g/mol. The number of rotatable bonds is 0. The Morgan fingerprint density at radius 1 is 1.29 bits per heavy atom. The zero-order valence-electron chi connectivity index (χ0n) is 9.21. The molecule has 1 nitrogen and oxygen atoms in total. The van der Waals surface area contributed by atoms with Crippen molar-refractivity contribution in [2.75, 3.05) is 0 Å². The van der Waals surface area contributed by atoms with Crippen LogP contribution in [0.3, 0.4) is 0 Å². The van der Waals surface area contributed by atoms with Crippen molar-refractivity contribution in [2.45, 2.75) is 51.6 Å². The SMILES string of the molecule is C=C1CC(O)C[C@@H](C)[C@H]2CCCC[C@H]12. The molecule has 0 saturated heterocycles. The van der Waals surface area contributed by atoms with Crippen LogP contribution in [0.15, 0.2) is 12.2 Å². The Labute approximate surface area is 87.2 Å². The van der Waals surface area contributed by atoms with E-state index in [1.165, 1.54) is 31.3 Å². The molecule has 0 radical (unpaired) electrons. The van der Waals surface area contributed by atoms with Crippen molar-refractivity contribution in [1.29, 1.82) is 0 Å². The maximum Gasteiger partial charge on any atom is 0.0580 e. The normalized spacial score (nSPS) is 44.3. The van der Waals surface area contributed by atoms with Gasteiger partial charge in [-0.2, -0.15) is 0 Å². The molecule has 80 valence electrons. The lowest BCUT2D eigenvalue weighted by atomic mass is 9.71. The van der Waals surface area contributed by atoms with Gasteiger partial charge in [-0.1, -0.05) is 31.9 Å². The predicted octanol–water partition coefficient (Wildman–Crippen LogP) is 3.14. The van der Waals surface area contributed by atoms with Gasteiger partial charge in [0, 0.05) is 0 Å². The molecule has 2 aliphatic carbocycles. The average molecular weight is 194 g/mol. The third-order valence-electron chi connectivity index (χ3n) is 4.22. The van der Waals surface area contributed by atoms with Crippen LogP contribution >= 0.6 is 0 Å². The summed E-state index contributed by atoms with van der Waals surface area (Å²) in [6.45, 7) is 6.49. The molecule has 0 aromatic rings. The fourth-order valence-electron chi connectivity index (χ4n) is 3.49. The summed E-state index contributed by atoms with van der Waals surface area (Å²) in [5.41, 5.74) is 1.33. The van der Waals surface area contributed by atoms with E-state index in [0.717, 1.165) is 24.7 Å². The van der Waals surface area contributed by atoms with Crippen LogP contribution in [0, 0.1) is 17.8 Å². The van der Waals surface area contributed by atoms with E-state index in [9.17, 15) is 5.11 Å². The van der Waals surface area contributed by atoms with Crippen molar-refractivity contribution in [3.05, 3.63) is 12.2 Å². The largest absolute Gasteiger partial charge is 0.393 e. The van der Waals surface area contributed by atoms with Crippen LogP contribution in [0.5, 0.6) is 0 Å². The molecule has 2 fully saturated rings. The van der Waals surface area contributed by atoms with Crippen molar-refractivity contribution in [3.8, 4) is 0 Å². The van der Waals surface area contributed by atoms with Crippen LogP contribution < -0.4 is 0 Å². The molecular formula is C13H22O. The standard InChI is InChI=1S/C13H22O/c1-9-7-11(14)8-10(2)13-6-4-3-5-12(9)13/h10-14H,1,3-8H2,2H3/t10-,11?,12-,13-/m1/s1. The highest BCUT2D eigenvalue weighted by Crippen LogP contribution is 2.44. The van der Waals surface area contributed by atoms with Gasteiger partial charge in [0.25, 0.3) is 0 Å². The van der Waals surface area contributed by atoms with Crippen molar-refractivity contribution in [2.24, 2.45) is 17.8 Å². The van der Waals surface area contributed by atoms with E-state index in [-0.39, 0.29) is 6.10 Å². The fourth-order valence-corrected chi connectivity index (χ4v) is 3.49. The molecule has 1 N–H and O–H groups in total. The third kappa shape index (κ3) is 1.88. The molecule has 2 saturated carbocycles. The highest BCUT2D eigenvalue weighted by atomic mass is 16.3. The van der Waals surface area contributed by atoms with Gasteiger partial charge in [0.05, 0.1) is 6.10 Å². The summed E-state index contributed by atoms with van der Waals surface area (Å²) in [5.74, 6) is 2.22. The van der Waals surface area contributed by atoms with Crippen molar-refractivity contribution in [1.82, 2.24) is 0 Å². The van der Waals surface area contributed by atoms with Gasteiger partial charge in [0.1, 0.15) is 0 Å². The second-order valence-electron chi connectivity index (χ2n) is 5.28. The third-order valence-corrected chi connectivity index (χ3v) is 4.22. The summed E-state index contributed by atoms with van der Waals surface area (Å²) in [6, 6.07) is 0. The predicted molar refractivity (Wildman–Crippen MR) is 59.0 cm³/mol. The van der Waals surface area contributed by atoms with Crippen LogP contribution in [0.1, 0.15) is 45.4 Å². The molecular weight excluding hydrogens is 172 g/mol. The zero-order chi connectivity index (χ0) is 10.1. The lowest BCUT2D eigenvalue weighted by Gasteiger charge is -2.34. The van der Waals surface area contributed by atoms with E-state index in [2.05, 4.69) is 13.5 Å². The van der Waals surface area contributed by atoms with Crippen molar-refractivity contribution >= 4 is 0 Å². The molecule has 1 unspecified atom stereocenters. The number of fused-ring (bicyclic) bond motifs is 1. The van der Waals surface area contributed by atoms with Gasteiger partial charge in [-0.05, 0) is 43.4 Å². The van der Waals surface area contributed by atoms with Crippen LogP contribution in [0.2, 0.25) is 0 Å². The lowest BCUT2D eigenvalue weighted by molar-refractivity contribution is 0.131. The van der Waals surface area contributed by atoms with Gasteiger partial charge in [0.15, 0.2) is 0 Å². The molecule has 1 heteroatoms. The number of hydrogen-bond donors (Lipinski definition) is 1. The molecule has 0 aromatic carbocycles. The number of hydrogen-bond acceptors (Lipinski definition) is 1. The Bertz CT molecular complexity index is 221. The summed E-state index contributed by atoms with van der Waals surface area (Å²) >= 11 is 0. The topological polar surface area (TPSA) is 20.2 Å². The summed E-state index contributed by atoms with van der Waals surface area (Å²) < 4.78 is 0. The van der Waals surface area contributed by atoms with Gasteiger partial charge >= 0.3 is 0 Å². The van der Waals surface area contributed by atoms with Gasteiger partial charge in [-0.15, -0.1) is 0 Å². The smallest absolute Gasteiger partial charge is 0.0580 e. The summed E-state index contributed by atoms with van der Waals surface area (Å²) in [7, 11) is 0. The molecule has 0 bridgehead atoms. The summed E-state index contributed by atoms with van der Waals surface area (Å²) in [5, 5.41) is 9.82. The van der Waals surface area contributed by atoms with Gasteiger partial charge < -0.3 is 5.11 Å². The van der Waals surface area contributed by atoms with Crippen LogP contribution in [-0.2, 0) is 0 Å². The highest BCUT2D eigenvalue weighted by molar-refractivity contribution is 5.08. The van der Waals surface area contributed by atoms with Crippen LogP contribution in [0.25, 0.3) is 0 Å². The molecule has 0 amide bonds. The Kier molecular flexibility index (Phi) is 2.96. The zero-order valence-corrected chi connectivity index (χ0v) is 9.21. The van der Waals surface area contributed by atoms with E-state index in [4.69, 9.17) is 0 Å². The maximum atomic E-state index is 9.82. The Balaban J connectivity index is 2.16. The van der Waals surface area contributed by atoms with Gasteiger partial charge in [-0.3, -0.25) is 0 Å². The van der Waals surface area contributed by atoms with E-state index < -0.39 is 0 Å². The second-order valence-corrected chi connectivity index (χ2v) is 5.28. The van der Waals surface area contributed by atoms with Crippen LogP contribution in [-0.4, -0.2) is 11.2 Å². The first kappa shape index (κ1) is 10.2. The summed E-state index contributed by atoms with van der Waals surface area (Å²) in [4.78, 5) is 0. The first-order chi connectivity index (χ1) is 6.68. The fraction of sp³-hybridized carbons (Fsp3) is 0.846. The van der Waals surface area contributed by atoms with Crippen LogP contribution in [0.4, 0.5) is 0 Å². The molecule has 4 atom stereocenters. The Morgan fingerprint density at radius 2 is 2.00 bits per heavy atom. The minimum atomic E-state index is -0.122. The first-order valence-corrected chi connectivity index (χ1v) is 6.04. The molecule has 0 spiro atoms. The van der Waals surface area contributed by atoms with Gasteiger partial charge in [0.2, 0.25) is 0 Å². The minimum absolute atomic E-state index is 0.122. The minimum Gasteiger partial charge on any atom is -0.393 e. The summed E-state index contributed by atoms with van der Waals surface area (Å²) in [6.07, 6.45) is 7.14. The van der Waals surface area contributed by atoms with Crippen molar-refractivity contribution in [3.63, 3.8) is 0 Å². The average Bonchev–Trinajstić information content (AvgIpc) is 2.26. The number of aliphatic hydroxyl groups is 1. The van der Waals surface area contributed by atoms with E-state index >= 15 is 0 Å².